The lowest BCUT2D eigenvalue weighted by atomic mass is 9.86. The second kappa shape index (κ2) is 7.34. The van der Waals surface area contributed by atoms with Gasteiger partial charge in [-0.05, 0) is 49.8 Å². The smallest absolute Gasteiger partial charge is 0.227 e. The zero-order valence-electron chi connectivity index (χ0n) is 12.6. The minimum atomic E-state index is -0.0531. The highest BCUT2D eigenvalue weighted by Crippen LogP contribution is 2.32. The van der Waals surface area contributed by atoms with Gasteiger partial charge in [-0.2, -0.15) is 0 Å². The first-order valence-corrected chi connectivity index (χ1v) is 8.42. The molecule has 0 radical (unpaired) electrons. The summed E-state index contributed by atoms with van der Waals surface area (Å²) in [7, 11) is 0. The van der Waals surface area contributed by atoms with E-state index in [0.29, 0.717) is 35.4 Å². The molecule has 1 saturated carbocycles. The Morgan fingerprint density at radius 1 is 1.32 bits per heavy atom. The molecule has 0 spiro atoms. The Kier molecular flexibility index (Phi) is 5.21. The molecule has 1 atom stereocenters. The van der Waals surface area contributed by atoms with Crippen LogP contribution in [0, 0.1) is 5.92 Å². The topological polar surface area (TPSA) is 47.6 Å². The standard InChI is InChI=1S/C17H22ClNO3/c18-13-6-7-16(22-11-12-3-1-4-12)15(9-13)19-17(20)10-14-5-2-8-21-14/h6-7,9,12,14H,1-5,8,10-11H2,(H,19,20). The van der Waals surface area contributed by atoms with E-state index >= 15 is 0 Å². The summed E-state index contributed by atoms with van der Waals surface area (Å²) in [5.41, 5.74) is 0.648. The third-order valence-electron chi connectivity index (χ3n) is 4.35. The van der Waals surface area contributed by atoms with Gasteiger partial charge in [-0.25, -0.2) is 0 Å². The van der Waals surface area contributed by atoms with Gasteiger partial charge >= 0.3 is 0 Å². The Labute approximate surface area is 136 Å². The Balaban J connectivity index is 1.59. The molecule has 1 unspecified atom stereocenters. The van der Waals surface area contributed by atoms with Crippen LogP contribution >= 0.6 is 11.6 Å². The van der Waals surface area contributed by atoms with E-state index in [2.05, 4.69) is 5.32 Å². The lowest BCUT2D eigenvalue weighted by molar-refractivity contribution is -0.118. The molecule has 5 heteroatoms. The molecule has 1 aliphatic carbocycles. The molecule has 1 amide bonds. The molecule has 1 N–H and O–H groups in total. The molecule has 1 aliphatic heterocycles. The zero-order chi connectivity index (χ0) is 15.4. The van der Waals surface area contributed by atoms with Crippen LogP contribution in [0.4, 0.5) is 5.69 Å². The number of nitrogens with one attached hydrogen (secondary N) is 1. The molecule has 0 aromatic heterocycles. The van der Waals surface area contributed by atoms with E-state index in [-0.39, 0.29) is 12.0 Å². The molecule has 2 fully saturated rings. The average Bonchev–Trinajstić information content (AvgIpc) is 2.92. The highest BCUT2D eigenvalue weighted by molar-refractivity contribution is 6.31. The Bertz CT molecular complexity index is 525. The summed E-state index contributed by atoms with van der Waals surface area (Å²) in [5.74, 6) is 1.28. The summed E-state index contributed by atoms with van der Waals surface area (Å²) in [5, 5.41) is 3.50. The molecule has 1 saturated heterocycles. The normalized spacial score (nSPS) is 21.4. The van der Waals surface area contributed by atoms with Gasteiger partial charge in [0.1, 0.15) is 5.75 Å². The van der Waals surface area contributed by atoms with E-state index < -0.39 is 0 Å². The Morgan fingerprint density at radius 3 is 2.86 bits per heavy atom. The third kappa shape index (κ3) is 4.14. The molecular weight excluding hydrogens is 302 g/mol. The fourth-order valence-corrected chi connectivity index (χ4v) is 2.98. The van der Waals surface area contributed by atoms with E-state index in [9.17, 15) is 4.79 Å². The van der Waals surface area contributed by atoms with Crippen molar-refractivity contribution in [3.63, 3.8) is 0 Å². The molecule has 2 aliphatic rings. The minimum Gasteiger partial charge on any atom is -0.491 e. The summed E-state index contributed by atoms with van der Waals surface area (Å²) >= 11 is 6.04. The molecule has 3 rings (SSSR count). The van der Waals surface area contributed by atoms with Gasteiger partial charge in [0, 0.05) is 11.6 Å². The van der Waals surface area contributed by atoms with Gasteiger partial charge in [0.25, 0.3) is 0 Å². The van der Waals surface area contributed by atoms with Crippen LogP contribution in [-0.4, -0.2) is 25.2 Å². The van der Waals surface area contributed by atoms with E-state index in [1.807, 2.05) is 6.07 Å². The van der Waals surface area contributed by atoms with Gasteiger partial charge in [0.05, 0.1) is 24.8 Å². The number of halogens is 1. The minimum absolute atomic E-state index is 0.0403. The zero-order valence-corrected chi connectivity index (χ0v) is 13.4. The maximum absolute atomic E-state index is 12.1. The molecular formula is C17H22ClNO3. The van der Waals surface area contributed by atoms with Crippen LogP contribution in [0.1, 0.15) is 38.5 Å². The number of anilines is 1. The SMILES string of the molecule is O=C(CC1CCCO1)Nc1cc(Cl)ccc1OCC1CCC1. The van der Waals surface area contributed by atoms with Gasteiger partial charge in [-0.15, -0.1) is 0 Å². The highest BCUT2D eigenvalue weighted by atomic mass is 35.5. The maximum Gasteiger partial charge on any atom is 0.227 e. The van der Waals surface area contributed by atoms with Crippen molar-refractivity contribution in [1.29, 1.82) is 0 Å². The van der Waals surface area contributed by atoms with E-state index in [4.69, 9.17) is 21.1 Å². The number of amides is 1. The number of ether oxygens (including phenoxy) is 2. The summed E-state index contributed by atoms with van der Waals surface area (Å²) in [6.07, 6.45) is 6.16. The number of benzene rings is 1. The highest BCUT2D eigenvalue weighted by Gasteiger charge is 2.21. The van der Waals surface area contributed by atoms with E-state index in [1.54, 1.807) is 12.1 Å². The van der Waals surface area contributed by atoms with Crippen LogP contribution in [0.25, 0.3) is 0 Å². The Morgan fingerprint density at radius 2 is 2.18 bits per heavy atom. The van der Waals surface area contributed by atoms with Crippen LogP contribution in [0.2, 0.25) is 5.02 Å². The van der Waals surface area contributed by atoms with Crippen LogP contribution in [0.3, 0.4) is 0 Å². The van der Waals surface area contributed by atoms with Gasteiger partial charge in [0.2, 0.25) is 5.91 Å². The predicted octanol–water partition coefficient (Wildman–Crippen LogP) is 4.03. The van der Waals surface area contributed by atoms with Crippen molar-refractivity contribution >= 4 is 23.2 Å². The third-order valence-corrected chi connectivity index (χ3v) is 4.59. The van der Waals surface area contributed by atoms with Crippen molar-refractivity contribution in [2.45, 2.75) is 44.6 Å². The molecule has 22 heavy (non-hydrogen) atoms. The largest absolute Gasteiger partial charge is 0.491 e. The van der Waals surface area contributed by atoms with Crippen molar-refractivity contribution in [2.24, 2.45) is 5.92 Å². The first-order valence-electron chi connectivity index (χ1n) is 8.04. The lowest BCUT2D eigenvalue weighted by Crippen LogP contribution is -2.21. The quantitative estimate of drug-likeness (QED) is 0.860. The second-order valence-electron chi connectivity index (χ2n) is 6.14. The van der Waals surface area contributed by atoms with Crippen LogP contribution in [0.5, 0.6) is 5.75 Å². The van der Waals surface area contributed by atoms with Gasteiger partial charge in [-0.1, -0.05) is 18.0 Å². The summed E-state index contributed by atoms with van der Waals surface area (Å²) in [6.45, 7) is 1.46. The molecule has 0 bridgehead atoms. The van der Waals surface area contributed by atoms with Crippen LogP contribution < -0.4 is 10.1 Å². The van der Waals surface area contributed by atoms with Gasteiger partial charge in [-0.3, -0.25) is 4.79 Å². The first-order chi connectivity index (χ1) is 10.7. The number of carbonyl (C=O) groups excluding carboxylic acids is 1. The molecule has 1 aromatic carbocycles. The monoisotopic (exact) mass is 323 g/mol. The molecule has 1 heterocycles. The summed E-state index contributed by atoms with van der Waals surface area (Å²) in [6, 6.07) is 5.35. The van der Waals surface area contributed by atoms with Crippen molar-refractivity contribution in [1.82, 2.24) is 0 Å². The van der Waals surface area contributed by atoms with Gasteiger partial charge < -0.3 is 14.8 Å². The average molecular weight is 324 g/mol. The summed E-state index contributed by atoms with van der Waals surface area (Å²) in [4.78, 5) is 12.1. The predicted molar refractivity (Wildman–Crippen MR) is 86.5 cm³/mol. The lowest BCUT2D eigenvalue weighted by Gasteiger charge is -2.25. The summed E-state index contributed by atoms with van der Waals surface area (Å²) < 4.78 is 11.4. The molecule has 4 nitrogen and oxygen atoms in total. The Hall–Kier alpha value is -1.26. The van der Waals surface area contributed by atoms with E-state index in [0.717, 1.165) is 19.4 Å². The van der Waals surface area contributed by atoms with Crippen molar-refractivity contribution < 1.29 is 14.3 Å². The van der Waals surface area contributed by atoms with Crippen molar-refractivity contribution in [2.75, 3.05) is 18.5 Å². The van der Waals surface area contributed by atoms with Crippen molar-refractivity contribution in [3.8, 4) is 5.75 Å². The number of hydrogen-bond donors (Lipinski definition) is 1. The number of hydrogen-bond acceptors (Lipinski definition) is 3. The fraction of sp³-hybridized carbons (Fsp3) is 0.588. The second-order valence-corrected chi connectivity index (χ2v) is 6.57. The molecule has 120 valence electrons. The maximum atomic E-state index is 12.1. The van der Waals surface area contributed by atoms with E-state index in [1.165, 1.54) is 19.3 Å². The number of rotatable bonds is 6. The number of carbonyl (C=O) groups is 1. The molecule has 1 aromatic rings. The van der Waals surface area contributed by atoms with Crippen LogP contribution in [-0.2, 0) is 9.53 Å². The first kappa shape index (κ1) is 15.6. The van der Waals surface area contributed by atoms with Crippen LogP contribution in [0.15, 0.2) is 18.2 Å². The van der Waals surface area contributed by atoms with Gasteiger partial charge in [0.15, 0.2) is 0 Å². The fourth-order valence-electron chi connectivity index (χ4n) is 2.81. The van der Waals surface area contributed by atoms with Crippen molar-refractivity contribution in [3.05, 3.63) is 23.2 Å².